The molecule has 0 amide bonds. The van der Waals surface area contributed by atoms with E-state index in [1.165, 1.54) is 0 Å². The zero-order valence-electron chi connectivity index (χ0n) is 4.61. The Bertz CT molecular complexity index is 53.2. The van der Waals surface area contributed by atoms with Crippen molar-refractivity contribution in [1.82, 2.24) is 0 Å². The normalized spacial score (nSPS) is 27.8. The lowest BCUT2D eigenvalue weighted by molar-refractivity contribution is 0.215. The lowest BCUT2D eigenvalue weighted by Crippen LogP contribution is -2.03. The molecule has 4 heteroatoms. The van der Waals surface area contributed by atoms with E-state index >= 15 is 0 Å². The van der Waals surface area contributed by atoms with Crippen molar-refractivity contribution in [2.45, 2.75) is 11.5 Å². The smallest absolute Gasteiger partial charge is 0.125 e. The summed E-state index contributed by atoms with van der Waals surface area (Å²) in [6.45, 7) is 0.671. The van der Waals surface area contributed by atoms with E-state index in [-0.39, 0.29) is 6.10 Å². The molecule has 1 fully saturated rings. The zero-order chi connectivity index (χ0) is 6.57. The average Bonchev–Trinajstić information content (AvgIpc) is 2.50. The molecule has 2 unspecified atom stereocenters. The molecule has 0 radical (unpaired) electrons. The van der Waals surface area contributed by atoms with Gasteiger partial charge in [0.05, 0.1) is 6.61 Å². The predicted octanol–water partition coefficient (Wildman–Crippen LogP) is -0.758. The summed E-state index contributed by atoms with van der Waals surface area (Å²) in [5, 5.41) is 15.4. The molecule has 0 aromatic rings. The quantitative estimate of drug-likeness (QED) is 0.254. The number of hydrogen-bond acceptors (Lipinski definition) is 4. The van der Waals surface area contributed by atoms with Gasteiger partial charge in [-0.1, -0.05) is 0 Å². The largest absolute Gasteiger partial charge is 0.400 e. The number of hydrogen-bond donors (Lipinski definition) is 3. The third-order valence-electron chi connectivity index (χ3n) is 0.692. The zero-order valence-corrected chi connectivity index (χ0v) is 5.51. The molecule has 2 N–H and O–H groups in total. The van der Waals surface area contributed by atoms with Gasteiger partial charge in [0.15, 0.2) is 0 Å². The van der Waals surface area contributed by atoms with Crippen molar-refractivity contribution in [3.8, 4) is 0 Å². The highest BCUT2D eigenvalue weighted by atomic mass is 32.1. The molecule has 50 valence electrons. The molecule has 0 saturated carbocycles. The summed E-state index contributed by atoms with van der Waals surface area (Å²) in [5.41, 5.74) is -0.565. The minimum atomic E-state index is -0.565. The summed E-state index contributed by atoms with van der Waals surface area (Å²) in [4.78, 5) is 0. The van der Waals surface area contributed by atoms with Gasteiger partial charge in [-0.25, -0.2) is 0 Å². The fourth-order valence-corrected chi connectivity index (χ4v) is 0.400. The molecule has 0 spiro atoms. The molecule has 1 heterocycles. The Kier molecular flexibility index (Phi) is 4.26. The standard InChI is InChI=1S/C3H6O2S.CH4O/c4-3(6)2-1-5-2;1-2/h2-4,6H,1H2;2H,1H3. The van der Waals surface area contributed by atoms with Crippen molar-refractivity contribution in [3.05, 3.63) is 0 Å². The highest BCUT2D eigenvalue weighted by Crippen LogP contribution is 2.15. The van der Waals surface area contributed by atoms with Gasteiger partial charge in [0.25, 0.3) is 0 Å². The highest BCUT2D eigenvalue weighted by Gasteiger charge is 2.28. The molecular formula is C4H10O3S. The molecule has 8 heavy (non-hydrogen) atoms. The molecular weight excluding hydrogens is 128 g/mol. The van der Waals surface area contributed by atoms with Crippen LogP contribution in [0, 0.1) is 0 Å². The van der Waals surface area contributed by atoms with Crippen LogP contribution in [0.4, 0.5) is 0 Å². The molecule has 3 nitrogen and oxygen atoms in total. The van der Waals surface area contributed by atoms with E-state index in [1.54, 1.807) is 0 Å². The Morgan fingerprint density at radius 2 is 2.12 bits per heavy atom. The molecule has 0 aliphatic carbocycles. The van der Waals surface area contributed by atoms with Crippen molar-refractivity contribution in [1.29, 1.82) is 0 Å². The number of ether oxygens (including phenoxy) is 1. The summed E-state index contributed by atoms with van der Waals surface area (Å²) >= 11 is 3.69. The second-order valence-corrected chi connectivity index (χ2v) is 1.81. The first-order chi connectivity index (χ1) is 3.80. The van der Waals surface area contributed by atoms with Crippen LogP contribution in [0.15, 0.2) is 0 Å². The number of aliphatic hydroxyl groups is 2. The van der Waals surface area contributed by atoms with Crippen molar-refractivity contribution in [2.75, 3.05) is 13.7 Å². The minimum absolute atomic E-state index is 0.0216. The van der Waals surface area contributed by atoms with Gasteiger partial charge < -0.3 is 14.9 Å². The molecule has 1 aliphatic rings. The van der Waals surface area contributed by atoms with Gasteiger partial charge in [0.1, 0.15) is 11.5 Å². The van der Waals surface area contributed by atoms with Crippen molar-refractivity contribution in [3.63, 3.8) is 0 Å². The topological polar surface area (TPSA) is 53.0 Å². The van der Waals surface area contributed by atoms with Crippen molar-refractivity contribution in [2.24, 2.45) is 0 Å². The van der Waals surface area contributed by atoms with Crippen LogP contribution in [0.3, 0.4) is 0 Å². The Balaban J connectivity index is 0.000000222. The summed E-state index contributed by atoms with van der Waals surface area (Å²) < 4.78 is 4.64. The monoisotopic (exact) mass is 138 g/mol. The Morgan fingerprint density at radius 1 is 1.75 bits per heavy atom. The fourth-order valence-electron chi connectivity index (χ4n) is 0.228. The number of rotatable bonds is 1. The third kappa shape index (κ3) is 3.26. The van der Waals surface area contributed by atoms with Gasteiger partial charge in [-0.2, -0.15) is 0 Å². The van der Waals surface area contributed by atoms with Gasteiger partial charge in [0, 0.05) is 7.11 Å². The number of aliphatic hydroxyl groups excluding tert-OH is 2. The van der Waals surface area contributed by atoms with Crippen LogP contribution >= 0.6 is 12.6 Å². The Labute approximate surface area is 53.7 Å². The van der Waals surface area contributed by atoms with E-state index in [9.17, 15) is 0 Å². The fraction of sp³-hybridized carbons (Fsp3) is 1.00. The third-order valence-corrected chi connectivity index (χ3v) is 1.02. The number of epoxide rings is 1. The van der Waals surface area contributed by atoms with Crippen molar-refractivity contribution < 1.29 is 14.9 Å². The van der Waals surface area contributed by atoms with E-state index in [4.69, 9.17) is 10.2 Å². The lowest BCUT2D eigenvalue weighted by atomic mass is 10.5. The molecule has 1 rings (SSSR count). The van der Waals surface area contributed by atoms with Gasteiger partial charge in [-0.15, -0.1) is 12.6 Å². The Morgan fingerprint density at radius 3 is 2.12 bits per heavy atom. The van der Waals surface area contributed by atoms with E-state index in [2.05, 4.69) is 17.4 Å². The first kappa shape index (κ1) is 8.23. The molecule has 1 saturated heterocycles. The van der Waals surface area contributed by atoms with Gasteiger partial charge in [-0.3, -0.25) is 0 Å². The molecule has 0 aromatic carbocycles. The van der Waals surface area contributed by atoms with Crippen LogP contribution in [0.5, 0.6) is 0 Å². The van der Waals surface area contributed by atoms with E-state index < -0.39 is 5.44 Å². The van der Waals surface area contributed by atoms with Gasteiger partial charge >= 0.3 is 0 Å². The second kappa shape index (κ2) is 4.14. The summed E-state index contributed by atoms with van der Waals surface area (Å²) in [7, 11) is 1.00. The van der Waals surface area contributed by atoms with Crippen LogP contribution < -0.4 is 0 Å². The molecule has 2 atom stereocenters. The summed E-state index contributed by atoms with van der Waals surface area (Å²) in [6, 6.07) is 0. The van der Waals surface area contributed by atoms with Crippen LogP contribution in [-0.4, -0.2) is 35.5 Å². The van der Waals surface area contributed by atoms with E-state index in [1.807, 2.05) is 0 Å². The molecule has 0 bridgehead atoms. The first-order valence-electron chi connectivity index (χ1n) is 2.23. The maximum atomic E-state index is 8.43. The maximum absolute atomic E-state index is 8.43. The second-order valence-electron chi connectivity index (χ2n) is 1.29. The molecule has 0 aromatic heterocycles. The molecule has 1 aliphatic heterocycles. The minimum Gasteiger partial charge on any atom is -0.400 e. The van der Waals surface area contributed by atoms with E-state index in [0.717, 1.165) is 7.11 Å². The Hall–Kier alpha value is 0.230. The first-order valence-corrected chi connectivity index (χ1v) is 2.75. The number of thiol groups is 1. The predicted molar refractivity (Wildman–Crippen MR) is 32.9 cm³/mol. The van der Waals surface area contributed by atoms with Crippen LogP contribution in [0.1, 0.15) is 0 Å². The summed E-state index contributed by atoms with van der Waals surface area (Å²) in [5.74, 6) is 0. The van der Waals surface area contributed by atoms with Crippen molar-refractivity contribution >= 4 is 12.6 Å². The van der Waals surface area contributed by atoms with Crippen LogP contribution in [0.2, 0.25) is 0 Å². The lowest BCUT2D eigenvalue weighted by Gasteiger charge is -1.89. The maximum Gasteiger partial charge on any atom is 0.125 e. The van der Waals surface area contributed by atoms with Gasteiger partial charge in [0.2, 0.25) is 0 Å². The van der Waals surface area contributed by atoms with E-state index in [0.29, 0.717) is 6.61 Å². The SMILES string of the molecule is CO.OC(S)C1CO1. The van der Waals surface area contributed by atoms with Gasteiger partial charge in [-0.05, 0) is 0 Å². The highest BCUT2D eigenvalue weighted by molar-refractivity contribution is 7.80. The summed E-state index contributed by atoms with van der Waals surface area (Å²) in [6.07, 6.45) is 0.0216. The van der Waals surface area contributed by atoms with Crippen LogP contribution in [-0.2, 0) is 4.74 Å². The van der Waals surface area contributed by atoms with Crippen LogP contribution in [0.25, 0.3) is 0 Å². The average molecular weight is 138 g/mol.